The van der Waals surface area contributed by atoms with Crippen LogP contribution in [0.15, 0.2) is 22.8 Å². The summed E-state index contributed by atoms with van der Waals surface area (Å²) in [4.78, 5) is 26.6. The first-order chi connectivity index (χ1) is 9.52. The number of rotatable bonds is 5. The fourth-order valence-corrected chi connectivity index (χ4v) is 2.29. The van der Waals surface area contributed by atoms with Gasteiger partial charge in [-0.3, -0.25) is 4.79 Å². The highest BCUT2D eigenvalue weighted by atomic mass is 16.4. The fourth-order valence-electron chi connectivity index (χ4n) is 2.29. The van der Waals surface area contributed by atoms with E-state index in [2.05, 4.69) is 0 Å². The van der Waals surface area contributed by atoms with Gasteiger partial charge in [-0.15, -0.1) is 0 Å². The Morgan fingerprint density at radius 2 is 2.25 bits per heavy atom. The number of amides is 2. The van der Waals surface area contributed by atoms with Crippen molar-refractivity contribution in [2.24, 2.45) is 11.8 Å². The van der Waals surface area contributed by atoms with Gasteiger partial charge in [0.15, 0.2) is 0 Å². The molecule has 1 aromatic heterocycles. The largest absolute Gasteiger partial charge is 0.481 e. The molecule has 0 bridgehead atoms. The summed E-state index contributed by atoms with van der Waals surface area (Å²) < 4.78 is 5.25. The molecule has 0 radical (unpaired) electrons. The Morgan fingerprint density at radius 3 is 2.75 bits per heavy atom. The van der Waals surface area contributed by atoms with Crippen LogP contribution in [0.2, 0.25) is 0 Å². The molecule has 1 saturated heterocycles. The molecule has 1 atom stereocenters. The average Bonchev–Trinajstić information content (AvgIpc) is 2.86. The molecule has 0 aromatic carbocycles. The van der Waals surface area contributed by atoms with E-state index in [1.807, 2.05) is 13.0 Å². The molecule has 6 heteroatoms. The van der Waals surface area contributed by atoms with E-state index in [9.17, 15) is 9.59 Å². The van der Waals surface area contributed by atoms with Crippen LogP contribution >= 0.6 is 0 Å². The summed E-state index contributed by atoms with van der Waals surface area (Å²) in [6, 6.07) is 3.57. The molecule has 2 rings (SSSR count). The van der Waals surface area contributed by atoms with Gasteiger partial charge in [0.25, 0.3) is 0 Å². The van der Waals surface area contributed by atoms with E-state index in [1.165, 1.54) is 0 Å². The van der Waals surface area contributed by atoms with E-state index in [0.29, 0.717) is 26.2 Å². The van der Waals surface area contributed by atoms with Crippen LogP contribution in [0.3, 0.4) is 0 Å². The Hall–Kier alpha value is -1.98. The topological polar surface area (TPSA) is 74.0 Å². The molecule has 1 unspecified atom stereocenters. The number of hydrogen-bond donors (Lipinski definition) is 1. The maximum atomic E-state index is 12.3. The van der Waals surface area contributed by atoms with Gasteiger partial charge >= 0.3 is 12.0 Å². The molecule has 0 spiro atoms. The van der Waals surface area contributed by atoms with Gasteiger partial charge in [-0.1, -0.05) is 6.92 Å². The molecule has 0 aliphatic carbocycles. The molecule has 1 aliphatic rings. The first kappa shape index (κ1) is 14.4. The van der Waals surface area contributed by atoms with Crippen molar-refractivity contribution < 1.29 is 19.1 Å². The predicted octanol–water partition coefficient (Wildman–Crippen LogP) is 1.87. The first-order valence-electron chi connectivity index (χ1n) is 6.82. The van der Waals surface area contributed by atoms with E-state index in [4.69, 9.17) is 9.52 Å². The minimum absolute atomic E-state index is 0.0544. The van der Waals surface area contributed by atoms with Crippen LogP contribution in [0.5, 0.6) is 0 Å². The summed E-state index contributed by atoms with van der Waals surface area (Å²) in [6.45, 7) is 5.67. The van der Waals surface area contributed by atoms with Gasteiger partial charge < -0.3 is 19.3 Å². The predicted molar refractivity (Wildman–Crippen MR) is 72.1 cm³/mol. The van der Waals surface area contributed by atoms with Gasteiger partial charge in [0.05, 0.1) is 18.7 Å². The monoisotopic (exact) mass is 280 g/mol. The third-order valence-corrected chi connectivity index (χ3v) is 3.86. The first-order valence-corrected chi connectivity index (χ1v) is 6.82. The number of nitrogens with zero attached hydrogens (tertiary/aromatic N) is 2. The Morgan fingerprint density at radius 1 is 1.55 bits per heavy atom. The van der Waals surface area contributed by atoms with Crippen LogP contribution in [-0.4, -0.2) is 46.5 Å². The second-order valence-electron chi connectivity index (χ2n) is 5.17. The van der Waals surface area contributed by atoms with Crippen molar-refractivity contribution in [3.05, 3.63) is 24.2 Å². The number of carboxylic acids is 1. The highest BCUT2D eigenvalue weighted by molar-refractivity contribution is 5.76. The second kappa shape index (κ2) is 5.98. The molecular formula is C14H20N2O4. The Labute approximate surface area is 118 Å². The Bertz CT molecular complexity index is 466. The number of likely N-dealkylation sites (tertiary alicyclic amines) is 1. The molecule has 110 valence electrons. The number of carboxylic acid groups (broad SMARTS) is 1. The number of hydrogen-bond acceptors (Lipinski definition) is 3. The molecule has 0 saturated carbocycles. The zero-order valence-corrected chi connectivity index (χ0v) is 11.8. The molecular weight excluding hydrogens is 260 g/mol. The van der Waals surface area contributed by atoms with Crippen molar-refractivity contribution in [1.29, 1.82) is 0 Å². The van der Waals surface area contributed by atoms with Crippen molar-refractivity contribution in [2.45, 2.75) is 20.4 Å². The number of carbonyl (C=O) groups excluding carboxylic acids is 1. The van der Waals surface area contributed by atoms with Gasteiger partial charge in [-0.05, 0) is 19.1 Å². The number of urea groups is 1. The lowest BCUT2D eigenvalue weighted by atomic mass is 9.87. The summed E-state index contributed by atoms with van der Waals surface area (Å²) in [7, 11) is 0. The van der Waals surface area contributed by atoms with Crippen molar-refractivity contribution in [2.75, 3.05) is 19.6 Å². The van der Waals surface area contributed by atoms with Gasteiger partial charge in [-0.25, -0.2) is 4.79 Å². The van der Waals surface area contributed by atoms with Gasteiger partial charge in [0, 0.05) is 25.6 Å². The summed E-state index contributed by atoms with van der Waals surface area (Å²) in [5.74, 6) is -0.404. The minimum Gasteiger partial charge on any atom is -0.481 e. The molecule has 1 fully saturated rings. The average molecular weight is 280 g/mol. The van der Waals surface area contributed by atoms with E-state index < -0.39 is 11.9 Å². The zero-order valence-electron chi connectivity index (χ0n) is 11.8. The van der Waals surface area contributed by atoms with Crippen LogP contribution in [0.25, 0.3) is 0 Å². The van der Waals surface area contributed by atoms with Crippen molar-refractivity contribution in [1.82, 2.24) is 9.80 Å². The molecule has 20 heavy (non-hydrogen) atoms. The number of aliphatic carboxylic acids is 1. The van der Waals surface area contributed by atoms with Gasteiger partial charge in [0.1, 0.15) is 5.76 Å². The second-order valence-corrected chi connectivity index (χ2v) is 5.17. The zero-order chi connectivity index (χ0) is 14.7. The van der Waals surface area contributed by atoms with E-state index in [0.717, 1.165) is 5.76 Å². The lowest BCUT2D eigenvalue weighted by Gasteiger charge is -2.43. The van der Waals surface area contributed by atoms with Crippen LogP contribution in [-0.2, 0) is 11.3 Å². The quantitative estimate of drug-likeness (QED) is 0.893. The normalized spacial score (nSPS) is 16.6. The molecule has 1 N–H and O–H groups in total. The molecule has 6 nitrogen and oxygen atoms in total. The highest BCUT2D eigenvalue weighted by Gasteiger charge is 2.38. The third-order valence-electron chi connectivity index (χ3n) is 3.86. The number of carbonyl (C=O) groups is 2. The minimum atomic E-state index is -0.801. The maximum Gasteiger partial charge on any atom is 0.320 e. The van der Waals surface area contributed by atoms with Crippen molar-refractivity contribution >= 4 is 12.0 Å². The Balaban J connectivity index is 1.87. The fraction of sp³-hybridized carbons (Fsp3) is 0.571. The van der Waals surface area contributed by atoms with Crippen molar-refractivity contribution in [3.8, 4) is 0 Å². The molecule has 2 amide bonds. The van der Waals surface area contributed by atoms with Crippen LogP contribution in [0.4, 0.5) is 4.79 Å². The smallest absolute Gasteiger partial charge is 0.320 e. The van der Waals surface area contributed by atoms with E-state index >= 15 is 0 Å². The summed E-state index contributed by atoms with van der Waals surface area (Å²) in [5.41, 5.74) is 0. The van der Waals surface area contributed by atoms with Gasteiger partial charge in [0.2, 0.25) is 0 Å². The van der Waals surface area contributed by atoms with Crippen LogP contribution in [0.1, 0.15) is 19.6 Å². The lowest BCUT2D eigenvalue weighted by Crippen LogP contribution is -2.57. The molecule has 2 heterocycles. The summed E-state index contributed by atoms with van der Waals surface area (Å²) in [5, 5.41) is 8.94. The maximum absolute atomic E-state index is 12.3. The summed E-state index contributed by atoms with van der Waals surface area (Å²) in [6.07, 6.45) is 1.59. The van der Waals surface area contributed by atoms with Crippen molar-refractivity contribution in [3.63, 3.8) is 0 Å². The van der Waals surface area contributed by atoms with E-state index in [-0.39, 0.29) is 11.9 Å². The lowest BCUT2D eigenvalue weighted by molar-refractivity contribution is -0.144. The van der Waals surface area contributed by atoms with E-state index in [1.54, 1.807) is 29.1 Å². The Kier molecular flexibility index (Phi) is 4.32. The standard InChI is InChI=1S/C14H20N2O4/c1-3-15(9-12-5-4-6-20-12)14(19)16-7-11(8-16)10(2)13(17)18/h4-6,10-11H,3,7-9H2,1-2H3,(H,17,18). The molecule has 1 aliphatic heterocycles. The van der Waals surface area contributed by atoms with Crippen LogP contribution < -0.4 is 0 Å². The summed E-state index contributed by atoms with van der Waals surface area (Å²) >= 11 is 0. The van der Waals surface area contributed by atoms with Gasteiger partial charge in [-0.2, -0.15) is 0 Å². The number of furan rings is 1. The molecule has 1 aromatic rings. The highest BCUT2D eigenvalue weighted by Crippen LogP contribution is 2.25. The van der Waals surface area contributed by atoms with Crippen LogP contribution in [0, 0.1) is 11.8 Å². The SMILES string of the molecule is CCN(Cc1ccco1)C(=O)N1CC(C(C)C(=O)O)C1. The third kappa shape index (κ3) is 2.95.